The molecule has 1 heterocycles. The molecule has 0 saturated heterocycles. The summed E-state index contributed by atoms with van der Waals surface area (Å²) in [6.07, 6.45) is 2.41. The number of aryl methyl sites for hydroxylation is 1. The molecule has 3 rings (SSSR count). The summed E-state index contributed by atoms with van der Waals surface area (Å²) >= 11 is 0. The third-order valence-electron chi connectivity index (χ3n) is 4.81. The summed E-state index contributed by atoms with van der Waals surface area (Å²) in [4.78, 5) is 15.8. The number of nitriles is 1. The molecule has 1 amide bonds. The van der Waals surface area contributed by atoms with Crippen molar-refractivity contribution in [2.75, 3.05) is 7.11 Å². The molecular weight excluding hydrogens is 294 g/mol. The molecule has 1 aliphatic rings. The zero-order valence-electron chi connectivity index (χ0n) is 13.3. The molecule has 0 bridgehead atoms. The predicted octanol–water partition coefficient (Wildman–Crippen LogP) is 2.58. The first-order valence-corrected chi connectivity index (χ1v) is 7.66. The number of oxazole rings is 1. The maximum Gasteiger partial charge on any atom is 0.220 e. The van der Waals surface area contributed by atoms with Crippen LogP contribution in [-0.2, 0) is 10.2 Å². The minimum atomic E-state index is -0.667. The van der Waals surface area contributed by atoms with E-state index in [1.165, 1.54) is 0 Å². The lowest BCUT2D eigenvalue weighted by Crippen LogP contribution is -2.35. The normalized spacial score (nSPS) is 24.3. The van der Waals surface area contributed by atoms with Gasteiger partial charge in [0.05, 0.1) is 18.6 Å². The minimum absolute atomic E-state index is 0.149. The van der Waals surface area contributed by atoms with E-state index < -0.39 is 5.41 Å². The number of benzene rings is 1. The van der Waals surface area contributed by atoms with Crippen LogP contribution in [0.2, 0.25) is 0 Å². The second-order valence-electron chi connectivity index (χ2n) is 6.10. The molecule has 23 heavy (non-hydrogen) atoms. The molecule has 2 N–H and O–H groups in total. The van der Waals surface area contributed by atoms with Gasteiger partial charge in [-0.1, -0.05) is 6.07 Å². The lowest BCUT2D eigenvalue weighted by atomic mass is 9.67. The number of primary amides is 1. The Hall–Kier alpha value is -2.55. The molecule has 1 aromatic carbocycles. The Bertz CT molecular complexity index is 795. The van der Waals surface area contributed by atoms with Crippen molar-refractivity contribution in [2.45, 2.75) is 38.0 Å². The van der Waals surface area contributed by atoms with Crippen LogP contribution in [0.25, 0.3) is 11.1 Å². The summed E-state index contributed by atoms with van der Waals surface area (Å²) in [6, 6.07) is 6.15. The number of hydrogen-bond acceptors (Lipinski definition) is 5. The average molecular weight is 313 g/mol. The number of amides is 1. The van der Waals surface area contributed by atoms with Gasteiger partial charge in [-0.3, -0.25) is 4.79 Å². The first kappa shape index (κ1) is 15.3. The summed E-state index contributed by atoms with van der Waals surface area (Å²) in [5.74, 6) is 0.700. The first-order chi connectivity index (χ1) is 11.0. The van der Waals surface area contributed by atoms with E-state index in [4.69, 9.17) is 14.9 Å². The Labute approximate surface area is 134 Å². The smallest absolute Gasteiger partial charge is 0.220 e. The molecule has 1 aliphatic carbocycles. The predicted molar refractivity (Wildman–Crippen MR) is 83.7 cm³/mol. The van der Waals surface area contributed by atoms with Crippen molar-refractivity contribution in [1.82, 2.24) is 4.98 Å². The van der Waals surface area contributed by atoms with Crippen LogP contribution in [0.5, 0.6) is 5.75 Å². The highest BCUT2D eigenvalue weighted by Crippen LogP contribution is 2.44. The third-order valence-corrected chi connectivity index (χ3v) is 4.81. The van der Waals surface area contributed by atoms with E-state index in [9.17, 15) is 10.1 Å². The fourth-order valence-corrected chi connectivity index (χ4v) is 3.47. The van der Waals surface area contributed by atoms with E-state index in [1.54, 1.807) is 14.0 Å². The van der Waals surface area contributed by atoms with Gasteiger partial charge in [-0.05, 0) is 31.7 Å². The van der Waals surface area contributed by atoms with E-state index in [1.807, 2.05) is 12.1 Å². The largest absolute Gasteiger partial charge is 0.493 e. The van der Waals surface area contributed by atoms with Gasteiger partial charge in [0.25, 0.3) is 0 Å². The second kappa shape index (κ2) is 5.58. The molecule has 1 saturated carbocycles. The van der Waals surface area contributed by atoms with Gasteiger partial charge in [-0.2, -0.15) is 5.26 Å². The highest BCUT2D eigenvalue weighted by molar-refractivity contribution is 5.84. The van der Waals surface area contributed by atoms with Crippen molar-refractivity contribution in [1.29, 1.82) is 5.26 Å². The fraction of sp³-hybridized carbons (Fsp3) is 0.471. The van der Waals surface area contributed by atoms with Crippen LogP contribution >= 0.6 is 0 Å². The quantitative estimate of drug-likeness (QED) is 0.938. The number of aromatic nitrogens is 1. The van der Waals surface area contributed by atoms with Crippen molar-refractivity contribution in [3.63, 3.8) is 0 Å². The molecule has 0 spiro atoms. The van der Waals surface area contributed by atoms with Crippen LogP contribution in [0.3, 0.4) is 0 Å². The van der Waals surface area contributed by atoms with Gasteiger partial charge >= 0.3 is 0 Å². The number of carbonyl (C=O) groups excluding carboxylic acids is 1. The monoisotopic (exact) mass is 313 g/mol. The highest BCUT2D eigenvalue weighted by Gasteiger charge is 2.40. The Kier molecular flexibility index (Phi) is 3.72. The summed E-state index contributed by atoms with van der Waals surface area (Å²) in [5.41, 5.74) is 6.81. The Morgan fingerprint density at radius 2 is 2.17 bits per heavy atom. The van der Waals surface area contributed by atoms with Crippen LogP contribution in [0, 0.1) is 24.2 Å². The lowest BCUT2D eigenvalue weighted by molar-refractivity contribution is -0.122. The second-order valence-corrected chi connectivity index (χ2v) is 6.10. The Morgan fingerprint density at radius 3 is 2.74 bits per heavy atom. The van der Waals surface area contributed by atoms with Crippen molar-refractivity contribution in [3.05, 3.63) is 23.6 Å². The number of rotatable bonds is 3. The van der Waals surface area contributed by atoms with Gasteiger partial charge in [0.15, 0.2) is 17.2 Å². The maximum absolute atomic E-state index is 11.4. The minimum Gasteiger partial charge on any atom is -0.493 e. The topological polar surface area (TPSA) is 102 Å². The summed E-state index contributed by atoms with van der Waals surface area (Å²) in [7, 11) is 1.57. The van der Waals surface area contributed by atoms with Gasteiger partial charge in [-0.25, -0.2) is 4.98 Å². The molecule has 0 unspecified atom stereocenters. The summed E-state index contributed by atoms with van der Waals surface area (Å²) in [5, 5.41) is 9.86. The molecule has 120 valence electrons. The zero-order chi connectivity index (χ0) is 16.6. The third kappa shape index (κ3) is 2.42. The molecule has 1 aromatic heterocycles. The van der Waals surface area contributed by atoms with Gasteiger partial charge in [0.1, 0.15) is 5.52 Å². The van der Waals surface area contributed by atoms with Crippen LogP contribution < -0.4 is 10.5 Å². The molecule has 0 atom stereocenters. The Morgan fingerprint density at radius 1 is 1.48 bits per heavy atom. The van der Waals surface area contributed by atoms with E-state index in [0.29, 0.717) is 48.4 Å². The lowest BCUT2D eigenvalue weighted by Gasteiger charge is -2.34. The standard InChI is InChI=1S/C17H19N3O3/c1-10-20-14-12(3-4-13(22-2)15(14)23-10)17(9-18)7-5-11(6-8-17)16(19)21/h3-4,11H,5-8H2,1-2H3,(H2,19,21). The van der Waals surface area contributed by atoms with E-state index in [0.717, 1.165) is 5.56 Å². The average Bonchev–Trinajstić information content (AvgIpc) is 2.95. The molecule has 6 heteroatoms. The number of nitrogens with two attached hydrogens (primary N) is 1. The van der Waals surface area contributed by atoms with Crippen molar-refractivity contribution in [3.8, 4) is 11.8 Å². The summed E-state index contributed by atoms with van der Waals surface area (Å²) in [6.45, 7) is 1.77. The molecule has 6 nitrogen and oxygen atoms in total. The van der Waals surface area contributed by atoms with E-state index in [-0.39, 0.29) is 11.8 Å². The van der Waals surface area contributed by atoms with Gasteiger partial charge in [0.2, 0.25) is 5.91 Å². The number of hydrogen-bond donors (Lipinski definition) is 1. The van der Waals surface area contributed by atoms with Gasteiger partial charge < -0.3 is 14.9 Å². The van der Waals surface area contributed by atoms with E-state index in [2.05, 4.69) is 11.1 Å². The van der Waals surface area contributed by atoms with Gasteiger partial charge in [-0.15, -0.1) is 0 Å². The molecule has 0 aliphatic heterocycles. The first-order valence-electron chi connectivity index (χ1n) is 7.66. The molecule has 0 radical (unpaired) electrons. The number of nitrogens with zero attached hydrogens (tertiary/aromatic N) is 2. The number of fused-ring (bicyclic) bond motifs is 1. The molecule has 1 fully saturated rings. The van der Waals surface area contributed by atoms with Crippen LogP contribution in [0.15, 0.2) is 16.5 Å². The Balaban J connectivity index is 2.08. The van der Waals surface area contributed by atoms with Crippen molar-refractivity contribution >= 4 is 17.0 Å². The van der Waals surface area contributed by atoms with Crippen LogP contribution in [0.4, 0.5) is 0 Å². The molecular formula is C17H19N3O3. The van der Waals surface area contributed by atoms with Gasteiger partial charge in [0, 0.05) is 18.4 Å². The van der Waals surface area contributed by atoms with Crippen molar-refractivity contribution < 1.29 is 13.9 Å². The number of ether oxygens (including phenoxy) is 1. The van der Waals surface area contributed by atoms with Crippen molar-refractivity contribution in [2.24, 2.45) is 11.7 Å². The van der Waals surface area contributed by atoms with Crippen LogP contribution in [0.1, 0.15) is 37.1 Å². The van der Waals surface area contributed by atoms with Crippen LogP contribution in [-0.4, -0.2) is 18.0 Å². The molecule has 2 aromatic rings. The van der Waals surface area contributed by atoms with E-state index >= 15 is 0 Å². The summed E-state index contributed by atoms with van der Waals surface area (Å²) < 4.78 is 11.0. The maximum atomic E-state index is 11.4. The highest BCUT2D eigenvalue weighted by atomic mass is 16.5. The zero-order valence-corrected chi connectivity index (χ0v) is 13.3. The SMILES string of the molecule is COc1ccc(C2(C#N)CCC(C(N)=O)CC2)c2nc(C)oc12. The number of carbonyl (C=O) groups is 1. The number of methoxy groups -OCH3 is 1. The fourth-order valence-electron chi connectivity index (χ4n) is 3.47.